The summed E-state index contributed by atoms with van der Waals surface area (Å²) < 4.78 is 1.47. The van der Waals surface area contributed by atoms with E-state index < -0.39 is 23.7 Å². The molecule has 9 heteroatoms. The molecule has 0 saturated carbocycles. The lowest BCUT2D eigenvalue weighted by Gasteiger charge is -2.16. The van der Waals surface area contributed by atoms with E-state index in [9.17, 15) is 19.5 Å². The number of fused-ring (bicyclic) bond motifs is 2. The second-order valence-electron chi connectivity index (χ2n) is 9.57. The smallest absolute Gasteiger partial charge is 0.335 e. The molecule has 6 aromatic rings. The Morgan fingerprint density at radius 3 is 2.32 bits per heavy atom. The van der Waals surface area contributed by atoms with Gasteiger partial charge in [-0.2, -0.15) is 0 Å². The molecule has 6 rings (SSSR count). The van der Waals surface area contributed by atoms with Gasteiger partial charge in [0.05, 0.1) is 17.1 Å². The predicted octanol–water partition coefficient (Wildman–Crippen LogP) is 5.36. The maximum absolute atomic E-state index is 13.8. The fourth-order valence-electron chi connectivity index (χ4n) is 4.74. The third kappa shape index (κ3) is 4.92. The minimum Gasteiger partial charge on any atom is -0.478 e. The Balaban J connectivity index is 1.42. The van der Waals surface area contributed by atoms with E-state index in [0.717, 1.165) is 22.1 Å². The van der Waals surface area contributed by atoms with Gasteiger partial charge in [0.15, 0.2) is 5.65 Å². The number of amides is 1. The van der Waals surface area contributed by atoms with Gasteiger partial charge < -0.3 is 10.4 Å². The fraction of sp³-hybridized carbons (Fsp3) is 0.0625. The molecular weight excluding hydrogens is 518 g/mol. The number of nitrogens with one attached hydrogen (secondary N) is 1. The Bertz CT molecular complexity index is 1950. The van der Waals surface area contributed by atoms with Gasteiger partial charge in [-0.15, -0.1) is 10.2 Å². The SMILES string of the molecule is C[C@H](NC(=O)c1cc(-c2ccccc2)cc2nnc(C(=O)c3ccc4cccnc4c3)n12)c1ccc(C(=O)O)cc1. The molecule has 0 bridgehead atoms. The Labute approximate surface area is 234 Å². The van der Waals surface area contributed by atoms with Crippen LogP contribution in [0.1, 0.15) is 55.6 Å². The van der Waals surface area contributed by atoms with E-state index in [1.165, 1.54) is 16.5 Å². The molecule has 41 heavy (non-hydrogen) atoms. The van der Waals surface area contributed by atoms with Crippen LogP contribution in [0.25, 0.3) is 27.7 Å². The van der Waals surface area contributed by atoms with Gasteiger partial charge in [-0.05, 0) is 60.0 Å². The average molecular weight is 542 g/mol. The largest absolute Gasteiger partial charge is 0.478 e. The molecule has 9 nitrogen and oxygen atoms in total. The number of hydrogen-bond acceptors (Lipinski definition) is 6. The van der Waals surface area contributed by atoms with E-state index >= 15 is 0 Å². The first-order chi connectivity index (χ1) is 19.9. The highest BCUT2D eigenvalue weighted by molar-refractivity contribution is 6.09. The number of ketones is 1. The van der Waals surface area contributed by atoms with Crippen LogP contribution in [0, 0.1) is 0 Å². The Kier molecular flexibility index (Phi) is 6.52. The molecule has 0 radical (unpaired) electrons. The van der Waals surface area contributed by atoms with Crippen LogP contribution in [-0.2, 0) is 0 Å². The summed E-state index contributed by atoms with van der Waals surface area (Å²) in [4.78, 5) is 43.1. The van der Waals surface area contributed by atoms with Crippen molar-refractivity contribution < 1.29 is 19.5 Å². The summed E-state index contributed by atoms with van der Waals surface area (Å²) in [6.07, 6.45) is 1.66. The molecule has 3 aromatic carbocycles. The highest BCUT2D eigenvalue weighted by Crippen LogP contribution is 2.25. The Morgan fingerprint density at radius 1 is 0.805 bits per heavy atom. The van der Waals surface area contributed by atoms with Crippen LogP contribution in [0.5, 0.6) is 0 Å². The van der Waals surface area contributed by atoms with E-state index in [1.807, 2.05) is 48.5 Å². The molecule has 200 valence electrons. The minimum atomic E-state index is -1.03. The zero-order chi connectivity index (χ0) is 28.5. The van der Waals surface area contributed by atoms with Crippen molar-refractivity contribution in [1.29, 1.82) is 0 Å². The molecule has 3 aromatic heterocycles. The molecule has 0 fully saturated rings. The fourth-order valence-corrected chi connectivity index (χ4v) is 4.74. The number of carboxylic acid groups (broad SMARTS) is 1. The Morgan fingerprint density at radius 2 is 1.56 bits per heavy atom. The van der Waals surface area contributed by atoms with Crippen molar-refractivity contribution in [2.45, 2.75) is 13.0 Å². The molecule has 1 amide bonds. The number of carbonyl (C=O) groups is 3. The van der Waals surface area contributed by atoms with E-state index in [2.05, 4.69) is 20.5 Å². The van der Waals surface area contributed by atoms with Gasteiger partial charge in [0.25, 0.3) is 5.91 Å². The first-order valence-electron chi connectivity index (χ1n) is 12.9. The number of pyridine rings is 2. The number of benzene rings is 3. The normalized spacial score (nSPS) is 11.8. The molecule has 2 N–H and O–H groups in total. The zero-order valence-corrected chi connectivity index (χ0v) is 21.9. The summed E-state index contributed by atoms with van der Waals surface area (Å²) in [5, 5.41) is 21.5. The molecule has 0 spiro atoms. The van der Waals surface area contributed by atoms with E-state index in [1.54, 1.807) is 49.5 Å². The van der Waals surface area contributed by atoms with Crippen LogP contribution in [0.3, 0.4) is 0 Å². The first-order valence-corrected chi connectivity index (χ1v) is 12.9. The van der Waals surface area contributed by atoms with E-state index in [4.69, 9.17) is 0 Å². The van der Waals surface area contributed by atoms with E-state index in [0.29, 0.717) is 16.7 Å². The maximum Gasteiger partial charge on any atom is 0.335 e. The average Bonchev–Trinajstić information content (AvgIpc) is 3.44. The third-order valence-corrected chi connectivity index (χ3v) is 6.92. The predicted molar refractivity (Wildman–Crippen MR) is 153 cm³/mol. The van der Waals surface area contributed by atoms with Crippen LogP contribution < -0.4 is 5.32 Å². The molecular formula is C32H23N5O4. The van der Waals surface area contributed by atoms with Crippen LogP contribution in [-0.4, -0.2) is 42.3 Å². The van der Waals surface area contributed by atoms with Gasteiger partial charge in [0.2, 0.25) is 11.6 Å². The second-order valence-corrected chi connectivity index (χ2v) is 9.57. The van der Waals surface area contributed by atoms with Crippen molar-refractivity contribution in [2.24, 2.45) is 0 Å². The highest BCUT2D eigenvalue weighted by Gasteiger charge is 2.24. The van der Waals surface area contributed by atoms with Crippen molar-refractivity contribution in [3.8, 4) is 11.1 Å². The number of aromatic nitrogens is 4. The van der Waals surface area contributed by atoms with Crippen molar-refractivity contribution in [2.75, 3.05) is 0 Å². The Hall–Kier alpha value is -5.70. The summed E-state index contributed by atoms with van der Waals surface area (Å²) in [7, 11) is 0. The summed E-state index contributed by atoms with van der Waals surface area (Å²) in [5.74, 6) is -1.88. The summed E-state index contributed by atoms with van der Waals surface area (Å²) >= 11 is 0. The first kappa shape index (κ1) is 25.6. The number of hydrogen-bond donors (Lipinski definition) is 2. The number of carbonyl (C=O) groups excluding carboxylic acids is 2. The van der Waals surface area contributed by atoms with Crippen LogP contribution in [0.4, 0.5) is 0 Å². The van der Waals surface area contributed by atoms with Crippen molar-refractivity contribution in [1.82, 2.24) is 24.9 Å². The molecule has 0 aliphatic carbocycles. The second kappa shape index (κ2) is 10.5. The highest BCUT2D eigenvalue weighted by atomic mass is 16.4. The lowest BCUT2D eigenvalue weighted by Crippen LogP contribution is -2.29. The quantitative estimate of drug-likeness (QED) is 0.260. The molecule has 0 aliphatic heterocycles. The van der Waals surface area contributed by atoms with Crippen LogP contribution in [0.2, 0.25) is 0 Å². The van der Waals surface area contributed by atoms with Gasteiger partial charge >= 0.3 is 5.97 Å². The lowest BCUT2D eigenvalue weighted by atomic mass is 10.0. The standard InChI is InChI=1S/C32H23N5O4/c1-19(20-9-12-23(13-10-20)32(40)41)34-31(39)27-17-25(21-6-3-2-4-7-21)18-28-35-36-30(37(27)28)29(38)24-14-11-22-8-5-15-33-26(22)16-24/h2-19H,1H3,(H,34,39)(H,40,41)/t19-/m0/s1. The minimum absolute atomic E-state index is 0.00138. The lowest BCUT2D eigenvalue weighted by molar-refractivity contribution is 0.0696. The molecule has 3 heterocycles. The topological polar surface area (TPSA) is 127 Å². The van der Waals surface area contributed by atoms with Crippen LogP contribution in [0.15, 0.2) is 103 Å². The number of rotatable bonds is 7. The monoisotopic (exact) mass is 541 g/mol. The summed E-state index contributed by atoms with van der Waals surface area (Å²) in [5.41, 5.74) is 4.06. The van der Waals surface area contributed by atoms with Crippen molar-refractivity contribution >= 4 is 34.2 Å². The van der Waals surface area contributed by atoms with Gasteiger partial charge in [-0.3, -0.25) is 19.0 Å². The van der Waals surface area contributed by atoms with Gasteiger partial charge in [-0.1, -0.05) is 60.7 Å². The van der Waals surface area contributed by atoms with Gasteiger partial charge in [-0.25, -0.2) is 4.79 Å². The zero-order valence-electron chi connectivity index (χ0n) is 21.9. The van der Waals surface area contributed by atoms with Crippen molar-refractivity contribution in [3.05, 3.63) is 131 Å². The van der Waals surface area contributed by atoms with Crippen LogP contribution >= 0.6 is 0 Å². The molecule has 0 saturated heterocycles. The number of carboxylic acids is 1. The van der Waals surface area contributed by atoms with E-state index in [-0.39, 0.29) is 17.1 Å². The third-order valence-electron chi connectivity index (χ3n) is 6.92. The molecule has 1 atom stereocenters. The van der Waals surface area contributed by atoms with Gasteiger partial charge in [0.1, 0.15) is 5.69 Å². The maximum atomic E-state index is 13.8. The molecule has 0 unspecified atom stereocenters. The number of nitrogens with zero attached hydrogens (tertiary/aromatic N) is 4. The van der Waals surface area contributed by atoms with Gasteiger partial charge in [0, 0.05) is 17.1 Å². The summed E-state index contributed by atoms with van der Waals surface area (Å²) in [6.45, 7) is 1.80. The summed E-state index contributed by atoms with van der Waals surface area (Å²) in [6, 6.07) is 27.8. The number of aromatic carboxylic acids is 1. The molecule has 0 aliphatic rings. The van der Waals surface area contributed by atoms with Crippen molar-refractivity contribution in [3.63, 3.8) is 0 Å².